The molecule has 9 nitrogen and oxygen atoms in total. The van der Waals surface area contributed by atoms with Crippen molar-refractivity contribution in [2.45, 2.75) is 50.7 Å². The Morgan fingerprint density at radius 1 is 0.789 bits per heavy atom. The highest BCUT2D eigenvalue weighted by Crippen LogP contribution is 2.28. The minimum absolute atomic E-state index is 0.00400. The van der Waals surface area contributed by atoms with Crippen LogP contribution in [0.15, 0.2) is 48.5 Å². The van der Waals surface area contributed by atoms with Crippen LogP contribution in [-0.2, 0) is 4.79 Å². The van der Waals surface area contributed by atoms with Crippen LogP contribution in [0.2, 0.25) is 5.02 Å². The molecule has 1 saturated carbocycles. The molecule has 0 atom stereocenters. The average Bonchev–Trinajstić information content (AvgIpc) is 2.93. The minimum atomic E-state index is -0.737. The van der Waals surface area contributed by atoms with E-state index in [1.165, 1.54) is 0 Å². The van der Waals surface area contributed by atoms with Gasteiger partial charge in [0.1, 0.15) is 17.6 Å². The first-order valence-corrected chi connectivity index (χ1v) is 13.5. The summed E-state index contributed by atoms with van der Waals surface area (Å²) in [5, 5.41) is 15.4. The zero-order valence-corrected chi connectivity index (χ0v) is 22.0. The molecular formula is C28H34ClN3O6. The number of nitrogens with zero attached hydrogens (tertiary/aromatic N) is 1. The van der Waals surface area contributed by atoms with Gasteiger partial charge in [0.2, 0.25) is 0 Å². The molecule has 1 saturated heterocycles. The standard InChI is InChI=1S/C28H34ClN3O6/c29-21-5-11-24(12-6-21)38-25-13-17-32(18-14-25)28(36)31-16-15-30-26(33)19-1-7-22(8-2-19)37-23-9-3-20(4-10-23)27(34)35/h1-2,5-8,11-12,20,23,25H,3-4,9-10,13-18H2,(H,30,33)(H,31,36)(H,34,35)/t20-,23+. The number of benzene rings is 2. The molecule has 0 spiro atoms. The van der Waals surface area contributed by atoms with Crippen LogP contribution in [0, 0.1) is 5.92 Å². The number of carbonyl (C=O) groups is 3. The molecule has 0 aromatic heterocycles. The first-order valence-electron chi connectivity index (χ1n) is 13.1. The minimum Gasteiger partial charge on any atom is -0.490 e. The van der Waals surface area contributed by atoms with Crippen LogP contribution in [-0.4, -0.2) is 66.3 Å². The number of halogens is 1. The number of carbonyl (C=O) groups excluding carboxylic acids is 2. The van der Waals surface area contributed by atoms with E-state index in [1.54, 1.807) is 41.3 Å². The Bertz CT molecular complexity index is 1080. The summed E-state index contributed by atoms with van der Waals surface area (Å²) in [4.78, 5) is 37.8. The lowest BCUT2D eigenvalue weighted by Gasteiger charge is -2.32. The molecule has 0 unspecified atom stereocenters. The van der Waals surface area contributed by atoms with Crippen molar-refractivity contribution in [3.63, 3.8) is 0 Å². The molecule has 2 fully saturated rings. The number of hydrogen-bond acceptors (Lipinski definition) is 5. The third-order valence-electron chi connectivity index (χ3n) is 6.98. The molecule has 1 aliphatic heterocycles. The van der Waals surface area contributed by atoms with E-state index in [0.717, 1.165) is 18.6 Å². The molecule has 2 aromatic carbocycles. The van der Waals surface area contributed by atoms with Gasteiger partial charge in [-0.1, -0.05) is 11.6 Å². The van der Waals surface area contributed by atoms with Crippen molar-refractivity contribution in [3.05, 3.63) is 59.1 Å². The second-order valence-electron chi connectivity index (χ2n) is 9.70. The van der Waals surface area contributed by atoms with E-state index in [9.17, 15) is 14.4 Å². The van der Waals surface area contributed by atoms with Gasteiger partial charge in [-0.2, -0.15) is 0 Å². The molecule has 4 rings (SSSR count). The number of likely N-dealkylation sites (tertiary alicyclic amines) is 1. The SMILES string of the molecule is O=C(NCCNC(=O)N1CCC(Oc2ccc(Cl)cc2)CC1)c1ccc(O[C@H]2CC[C@@H](C(=O)O)CC2)cc1. The smallest absolute Gasteiger partial charge is 0.317 e. The van der Waals surface area contributed by atoms with E-state index >= 15 is 0 Å². The van der Waals surface area contributed by atoms with Crippen LogP contribution in [0.4, 0.5) is 4.79 Å². The first kappa shape index (κ1) is 27.6. The number of piperidine rings is 1. The van der Waals surface area contributed by atoms with E-state index in [-0.39, 0.29) is 30.1 Å². The fraction of sp³-hybridized carbons (Fsp3) is 0.464. The van der Waals surface area contributed by atoms with Gasteiger partial charge in [-0.15, -0.1) is 0 Å². The van der Waals surface area contributed by atoms with Gasteiger partial charge in [-0.25, -0.2) is 4.79 Å². The number of hydrogen-bond donors (Lipinski definition) is 3. The Hall–Kier alpha value is -3.46. The molecule has 10 heteroatoms. The van der Waals surface area contributed by atoms with Crippen molar-refractivity contribution in [1.29, 1.82) is 0 Å². The lowest BCUT2D eigenvalue weighted by molar-refractivity contribution is -0.143. The number of rotatable bonds is 9. The Kier molecular flexibility index (Phi) is 9.70. The van der Waals surface area contributed by atoms with Crippen molar-refractivity contribution in [2.75, 3.05) is 26.2 Å². The van der Waals surface area contributed by atoms with E-state index in [1.807, 2.05) is 12.1 Å². The fourth-order valence-corrected chi connectivity index (χ4v) is 4.87. The molecule has 0 bridgehead atoms. The predicted molar refractivity (Wildman–Crippen MR) is 143 cm³/mol. The molecule has 1 heterocycles. The number of carboxylic acid groups (broad SMARTS) is 1. The largest absolute Gasteiger partial charge is 0.490 e. The molecule has 2 aromatic rings. The monoisotopic (exact) mass is 543 g/mol. The van der Waals surface area contributed by atoms with Gasteiger partial charge in [0.15, 0.2) is 0 Å². The third-order valence-corrected chi connectivity index (χ3v) is 7.23. The van der Waals surface area contributed by atoms with Gasteiger partial charge in [-0.3, -0.25) is 9.59 Å². The van der Waals surface area contributed by atoms with Gasteiger partial charge >= 0.3 is 12.0 Å². The number of aliphatic carboxylic acids is 1. The summed E-state index contributed by atoms with van der Waals surface area (Å²) in [6, 6.07) is 14.0. The summed E-state index contributed by atoms with van der Waals surface area (Å²) in [7, 11) is 0. The van der Waals surface area contributed by atoms with Crippen molar-refractivity contribution in [3.8, 4) is 11.5 Å². The Morgan fingerprint density at radius 3 is 1.89 bits per heavy atom. The van der Waals surface area contributed by atoms with Crippen molar-refractivity contribution >= 4 is 29.5 Å². The van der Waals surface area contributed by atoms with Crippen molar-refractivity contribution in [1.82, 2.24) is 15.5 Å². The zero-order valence-electron chi connectivity index (χ0n) is 21.2. The van der Waals surface area contributed by atoms with Crippen LogP contribution in [0.25, 0.3) is 0 Å². The van der Waals surface area contributed by atoms with E-state index in [0.29, 0.717) is 68.2 Å². The number of carboxylic acids is 1. The highest BCUT2D eigenvalue weighted by atomic mass is 35.5. The molecule has 3 amide bonds. The van der Waals surface area contributed by atoms with Gasteiger partial charge in [0.05, 0.1) is 12.0 Å². The van der Waals surface area contributed by atoms with E-state index in [2.05, 4.69) is 10.6 Å². The molecule has 0 radical (unpaired) electrons. The van der Waals surface area contributed by atoms with E-state index < -0.39 is 5.97 Å². The maximum atomic E-state index is 12.5. The summed E-state index contributed by atoms with van der Waals surface area (Å²) >= 11 is 5.91. The molecule has 2 aliphatic rings. The van der Waals surface area contributed by atoms with Gasteiger partial charge in [0.25, 0.3) is 5.91 Å². The molecular weight excluding hydrogens is 510 g/mol. The fourth-order valence-electron chi connectivity index (χ4n) is 4.75. The Balaban J connectivity index is 1.10. The van der Waals surface area contributed by atoms with Crippen molar-refractivity contribution in [2.24, 2.45) is 5.92 Å². The van der Waals surface area contributed by atoms with Crippen LogP contribution in [0.5, 0.6) is 11.5 Å². The number of ether oxygens (including phenoxy) is 2. The highest BCUT2D eigenvalue weighted by molar-refractivity contribution is 6.30. The third kappa shape index (κ3) is 8.02. The summed E-state index contributed by atoms with van der Waals surface area (Å²) in [6.45, 7) is 1.84. The normalized spacial score (nSPS) is 19.9. The second-order valence-corrected chi connectivity index (χ2v) is 10.1. The van der Waals surface area contributed by atoms with Crippen molar-refractivity contribution < 1.29 is 29.0 Å². The number of amides is 3. The van der Waals surface area contributed by atoms with Crippen LogP contribution in [0.1, 0.15) is 48.9 Å². The number of urea groups is 1. The zero-order chi connectivity index (χ0) is 26.9. The van der Waals surface area contributed by atoms with Gasteiger partial charge < -0.3 is 30.1 Å². The van der Waals surface area contributed by atoms with Crippen LogP contribution >= 0.6 is 11.6 Å². The highest BCUT2D eigenvalue weighted by Gasteiger charge is 2.27. The quantitative estimate of drug-likeness (QED) is 0.405. The van der Waals surface area contributed by atoms with Crippen LogP contribution in [0.3, 0.4) is 0 Å². The summed E-state index contributed by atoms with van der Waals surface area (Å²) in [5.41, 5.74) is 0.501. The Labute approximate surface area is 227 Å². The number of nitrogens with one attached hydrogen (secondary N) is 2. The average molecular weight is 544 g/mol. The lowest BCUT2D eigenvalue weighted by atomic mass is 9.87. The maximum absolute atomic E-state index is 12.5. The summed E-state index contributed by atoms with van der Waals surface area (Å²) in [6.07, 6.45) is 4.20. The summed E-state index contributed by atoms with van der Waals surface area (Å²) in [5.74, 6) is 0.190. The van der Waals surface area contributed by atoms with Gasteiger partial charge in [-0.05, 0) is 74.2 Å². The molecule has 204 valence electrons. The first-order chi connectivity index (χ1) is 18.4. The molecule has 3 N–H and O–H groups in total. The summed E-state index contributed by atoms with van der Waals surface area (Å²) < 4.78 is 11.9. The Morgan fingerprint density at radius 2 is 1.32 bits per heavy atom. The molecule has 38 heavy (non-hydrogen) atoms. The van der Waals surface area contributed by atoms with Gasteiger partial charge in [0, 0.05) is 49.6 Å². The lowest BCUT2D eigenvalue weighted by Crippen LogP contribution is -2.47. The molecule has 1 aliphatic carbocycles. The second kappa shape index (κ2) is 13.4. The topological polar surface area (TPSA) is 117 Å². The van der Waals surface area contributed by atoms with Crippen LogP contribution < -0.4 is 20.1 Å². The predicted octanol–water partition coefficient (Wildman–Crippen LogP) is 4.35. The maximum Gasteiger partial charge on any atom is 0.317 e. The van der Waals surface area contributed by atoms with E-state index in [4.69, 9.17) is 26.2 Å².